The van der Waals surface area contributed by atoms with Crippen LogP contribution >= 0.6 is 0 Å². The third-order valence-corrected chi connectivity index (χ3v) is 2.20. The SMILES string of the molecule is Cc1cnn(CCCn2ccc(N)n2)c1. The van der Waals surface area contributed by atoms with Gasteiger partial charge in [0.2, 0.25) is 0 Å². The molecule has 2 rings (SSSR count). The van der Waals surface area contributed by atoms with Gasteiger partial charge in [-0.1, -0.05) is 0 Å². The minimum absolute atomic E-state index is 0.574. The zero-order valence-corrected chi connectivity index (χ0v) is 8.80. The van der Waals surface area contributed by atoms with Crippen LogP contribution in [-0.2, 0) is 13.1 Å². The lowest BCUT2D eigenvalue weighted by Gasteiger charge is -2.01. The molecule has 0 aliphatic rings. The predicted octanol–water partition coefficient (Wildman–Crippen LogP) is 1.06. The van der Waals surface area contributed by atoms with Crippen LogP contribution in [0, 0.1) is 6.92 Å². The van der Waals surface area contributed by atoms with E-state index in [9.17, 15) is 0 Å². The molecule has 0 unspecified atom stereocenters. The molecule has 0 aliphatic heterocycles. The van der Waals surface area contributed by atoms with Gasteiger partial charge >= 0.3 is 0 Å². The molecular formula is C10H15N5. The molecule has 0 saturated carbocycles. The van der Waals surface area contributed by atoms with Crippen molar-refractivity contribution in [1.29, 1.82) is 0 Å². The van der Waals surface area contributed by atoms with Crippen LogP contribution < -0.4 is 5.73 Å². The molecule has 2 aromatic heterocycles. The molecule has 5 heteroatoms. The van der Waals surface area contributed by atoms with Gasteiger partial charge in [-0.2, -0.15) is 10.2 Å². The second kappa shape index (κ2) is 4.16. The van der Waals surface area contributed by atoms with Gasteiger partial charge < -0.3 is 5.73 Å². The molecule has 0 saturated heterocycles. The number of nitrogens with zero attached hydrogens (tertiary/aromatic N) is 4. The highest BCUT2D eigenvalue weighted by molar-refractivity contribution is 5.23. The Kier molecular flexibility index (Phi) is 2.71. The van der Waals surface area contributed by atoms with E-state index in [-0.39, 0.29) is 0 Å². The van der Waals surface area contributed by atoms with Gasteiger partial charge in [0.05, 0.1) is 6.20 Å². The van der Waals surface area contributed by atoms with Crippen LogP contribution in [0.1, 0.15) is 12.0 Å². The Labute approximate surface area is 88.5 Å². The first kappa shape index (κ1) is 9.76. The fourth-order valence-corrected chi connectivity index (χ4v) is 1.49. The molecule has 0 fully saturated rings. The smallest absolute Gasteiger partial charge is 0.145 e. The second-order valence-electron chi connectivity index (χ2n) is 3.64. The fourth-order valence-electron chi connectivity index (χ4n) is 1.49. The van der Waals surface area contributed by atoms with Gasteiger partial charge in [0.1, 0.15) is 5.82 Å². The van der Waals surface area contributed by atoms with E-state index in [0.29, 0.717) is 5.82 Å². The van der Waals surface area contributed by atoms with Crippen molar-refractivity contribution < 1.29 is 0 Å². The van der Waals surface area contributed by atoms with Crippen molar-refractivity contribution in [1.82, 2.24) is 19.6 Å². The van der Waals surface area contributed by atoms with E-state index >= 15 is 0 Å². The molecule has 0 aromatic carbocycles. The first-order chi connectivity index (χ1) is 7.24. The van der Waals surface area contributed by atoms with Crippen LogP contribution in [0.3, 0.4) is 0 Å². The van der Waals surface area contributed by atoms with Crippen LogP contribution in [0.4, 0.5) is 5.82 Å². The summed E-state index contributed by atoms with van der Waals surface area (Å²) in [7, 11) is 0. The van der Waals surface area contributed by atoms with E-state index in [1.54, 1.807) is 6.07 Å². The molecule has 0 amide bonds. The largest absolute Gasteiger partial charge is 0.382 e. The second-order valence-corrected chi connectivity index (χ2v) is 3.64. The maximum Gasteiger partial charge on any atom is 0.145 e. The summed E-state index contributed by atoms with van der Waals surface area (Å²) in [4.78, 5) is 0. The molecule has 0 atom stereocenters. The summed E-state index contributed by atoms with van der Waals surface area (Å²) in [5, 5.41) is 8.33. The molecule has 0 bridgehead atoms. The van der Waals surface area contributed by atoms with Crippen LogP contribution in [0.15, 0.2) is 24.7 Å². The van der Waals surface area contributed by atoms with Crippen molar-refractivity contribution in [2.75, 3.05) is 5.73 Å². The monoisotopic (exact) mass is 205 g/mol. The maximum atomic E-state index is 5.52. The molecule has 2 N–H and O–H groups in total. The number of hydrogen-bond acceptors (Lipinski definition) is 3. The van der Waals surface area contributed by atoms with Crippen LogP contribution in [0.2, 0.25) is 0 Å². The number of aryl methyl sites for hydroxylation is 3. The standard InChI is InChI=1S/C10H15N5/c1-9-7-12-15(8-9)5-2-4-14-6-3-10(11)13-14/h3,6-8H,2,4-5H2,1H3,(H2,11,13). The van der Waals surface area contributed by atoms with Gasteiger partial charge in [0.25, 0.3) is 0 Å². The Bertz CT molecular complexity index is 388. The fraction of sp³-hybridized carbons (Fsp3) is 0.400. The molecule has 80 valence electrons. The van der Waals surface area contributed by atoms with E-state index in [1.165, 1.54) is 5.56 Å². The quantitative estimate of drug-likeness (QED) is 0.811. The van der Waals surface area contributed by atoms with Crippen molar-refractivity contribution in [3.05, 3.63) is 30.2 Å². The van der Waals surface area contributed by atoms with Gasteiger partial charge in [-0.05, 0) is 25.0 Å². The van der Waals surface area contributed by atoms with Gasteiger partial charge in [0, 0.05) is 25.5 Å². The van der Waals surface area contributed by atoms with E-state index in [2.05, 4.69) is 10.2 Å². The lowest BCUT2D eigenvalue weighted by Crippen LogP contribution is -2.05. The number of rotatable bonds is 4. The van der Waals surface area contributed by atoms with Gasteiger partial charge in [-0.25, -0.2) is 0 Å². The first-order valence-corrected chi connectivity index (χ1v) is 5.02. The maximum absolute atomic E-state index is 5.52. The van der Waals surface area contributed by atoms with Crippen LogP contribution in [0.5, 0.6) is 0 Å². The summed E-state index contributed by atoms with van der Waals surface area (Å²) in [6.45, 7) is 3.82. The van der Waals surface area contributed by atoms with Crippen molar-refractivity contribution >= 4 is 5.82 Å². The minimum atomic E-state index is 0.574. The molecule has 15 heavy (non-hydrogen) atoms. The Hall–Kier alpha value is -1.78. The number of nitrogens with two attached hydrogens (primary N) is 1. The normalized spacial score (nSPS) is 10.7. The van der Waals surface area contributed by atoms with Crippen molar-refractivity contribution in [3.63, 3.8) is 0 Å². The lowest BCUT2D eigenvalue weighted by molar-refractivity contribution is 0.501. The Morgan fingerprint density at radius 1 is 1.33 bits per heavy atom. The van der Waals surface area contributed by atoms with Crippen LogP contribution in [-0.4, -0.2) is 19.6 Å². The predicted molar refractivity (Wildman–Crippen MR) is 58.2 cm³/mol. The molecule has 5 nitrogen and oxygen atoms in total. The summed E-state index contributed by atoms with van der Waals surface area (Å²) < 4.78 is 3.80. The van der Waals surface area contributed by atoms with E-state index < -0.39 is 0 Å². The third kappa shape index (κ3) is 2.59. The number of aromatic nitrogens is 4. The zero-order valence-electron chi connectivity index (χ0n) is 8.80. The first-order valence-electron chi connectivity index (χ1n) is 5.02. The summed E-state index contributed by atoms with van der Waals surface area (Å²) in [5.41, 5.74) is 6.71. The van der Waals surface area contributed by atoms with E-state index in [1.807, 2.05) is 34.9 Å². The van der Waals surface area contributed by atoms with Crippen molar-refractivity contribution in [2.24, 2.45) is 0 Å². The van der Waals surface area contributed by atoms with E-state index in [4.69, 9.17) is 5.73 Å². The molecule has 0 aliphatic carbocycles. The average Bonchev–Trinajstić information content (AvgIpc) is 2.76. The average molecular weight is 205 g/mol. The van der Waals surface area contributed by atoms with Crippen molar-refractivity contribution in [3.8, 4) is 0 Å². The minimum Gasteiger partial charge on any atom is -0.382 e. The zero-order chi connectivity index (χ0) is 10.7. The number of anilines is 1. The summed E-state index contributed by atoms with van der Waals surface area (Å²) in [5.74, 6) is 0.574. The molecule has 2 aromatic rings. The highest BCUT2D eigenvalue weighted by Crippen LogP contribution is 2.00. The molecule has 0 spiro atoms. The van der Waals surface area contributed by atoms with Crippen LogP contribution in [0.25, 0.3) is 0 Å². The lowest BCUT2D eigenvalue weighted by atomic mass is 10.4. The summed E-state index contributed by atoms with van der Waals surface area (Å²) in [6.07, 6.45) is 6.80. The van der Waals surface area contributed by atoms with Gasteiger partial charge in [-0.3, -0.25) is 9.36 Å². The van der Waals surface area contributed by atoms with Crippen molar-refractivity contribution in [2.45, 2.75) is 26.4 Å². The third-order valence-electron chi connectivity index (χ3n) is 2.20. The molecule has 2 heterocycles. The highest BCUT2D eigenvalue weighted by Gasteiger charge is 1.96. The van der Waals surface area contributed by atoms with E-state index in [0.717, 1.165) is 19.5 Å². The highest BCUT2D eigenvalue weighted by atomic mass is 15.3. The Morgan fingerprint density at radius 3 is 2.73 bits per heavy atom. The number of nitrogen functional groups attached to an aromatic ring is 1. The summed E-state index contributed by atoms with van der Waals surface area (Å²) in [6, 6.07) is 1.80. The Morgan fingerprint density at radius 2 is 2.13 bits per heavy atom. The van der Waals surface area contributed by atoms with Gasteiger partial charge in [0.15, 0.2) is 0 Å². The number of hydrogen-bond donors (Lipinski definition) is 1. The molecular weight excluding hydrogens is 190 g/mol. The Balaban J connectivity index is 1.80. The van der Waals surface area contributed by atoms with Gasteiger partial charge in [-0.15, -0.1) is 0 Å². The summed E-state index contributed by atoms with van der Waals surface area (Å²) >= 11 is 0. The molecule has 0 radical (unpaired) electrons. The topological polar surface area (TPSA) is 61.7 Å².